The Morgan fingerprint density at radius 3 is 2.79 bits per heavy atom. The van der Waals surface area contributed by atoms with E-state index in [0.717, 1.165) is 12.2 Å². The minimum absolute atomic E-state index is 0.114. The normalized spacial score (nSPS) is 21.6. The lowest BCUT2D eigenvalue weighted by Gasteiger charge is -2.32. The summed E-state index contributed by atoms with van der Waals surface area (Å²) < 4.78 is 6.15. The van der Waals surface area contributed by atoms with E-state index < -0.39 is 0 Å². The van der Waals surface area contributed by atoms with Gasteiger partial charge in [-0.05, 0) is 37.1 Å². The predicted molar refractivity (Wildman–Crippen MR) is 77.4 cm³/mol. The second-order valence-corrected chi connectivity index (χ2v) is 5.23. The molecule has 3 rings (SSSR count). The molecule has 2 heteroatoms. The molecule has 0 aromatic heterocycles. The van der Waals surface area contributed by atoms with Crippen molar-refractivity contribution in [2.24, 2.45) is 5.73 Å². The van der Waals surface area contributed by atoms with Gasteiger partial charge in [-0.25, -0.2) is 0 Å². The van der Waals surface area contributed by atoms with Crippen molar-refractivity contribution in [2.45, 2.75) is 25.4 Å². The van der Waals surface area contributed by atoms with Crippen molar-refractivity contribution >= 4 is 0 Å². The first-order chi connectivity index (χ1) is 9.28. The maximum atomic E-state index is 6.15. The van der Waals surface area contributed by atoms with Gasteiger partial charge in [0.1, 0.15) is 11.9 Å². The van der Waals surface area contributed by atoms with Crippen molar-refractivity contribution in [1.82, 2.24) is 0 Å². The molecule has 2 nitrogen and oxygen atoms in total. The summed E-state index contributed by atoms with van der Waals surface area (Å²) >= 11 is 0. The number of para-hydroxylation sites is 1. The van der Waals surface area contributed by atoms with Crippen LogP contribution < -0.4 is 10.5 Å². The summed E-state index contributed by atoms with van der Waals surface area (Å²) in [6, 6.07) is 16.8. The summed E-state index contributed by atoms with van der Waals surface area (Å²) in [4.78, 5) is 0. The molecule has 0 radical (unpaired) electrons. The molecule has 2 unspecified atom stereocenters. The lowest BCUT2D eigenvalue weighted by molar-refractivity contribution is 0.161. The first-order valence-electron chi connectivity index (χ1n) is 6.80. The number of hydrogen-bond acceptors (Lipinski definition) is 2. The molecule has 0 saturated heterocycles. The molecule has 1 aliphatic heterocycles. The van der Waals surface area contributed by atoms with Gasteiger partial charge in [0.25, 0.3) is 0 Å². The van der Waals surface area contributed by atoms with Crippen molar-refractivity contribution in [3.63, 3.8) is 0 Å². The van der Waals surface area contributed by atoms with Crippen LogP contribution in [0.5, 0.6) is 5.75 Å². The summed E-state index contributed by atoms with van der Waals surface area (Å²) in [5.41, 5.74) is 9.69. The van der Waals surface area contributed by atoms with Gasteiger partial charge in [0.05, 0.1) is 0 Å². The van der Waals surface area contributed by atoms with Gasteiger partial charge >= 0.3 is 0 Å². The molecule has 1 heterocycles. The zero-order valence-electron chi connectivity index (χ0n) is 11.2. The Labute approximate surface area is 114 Å². The fourth-order valence-corrected chi connectivity index (χ4v) is 2.81. The number of benzene rings is 2. The fraction of sp³-hybridized carbons (Fsp3) is 0.294. The van der Waals surface area contributed by atoms with Gasteiger partial charge in [0.15, 0.2) is 0 Å². The van der Waals surface area contributed by atoms with E-state index in [4.69, 9.17) is 10.5 Å². The van der Waals surface area contributed by atoms with Crippen molar-refractivity contribution in [2.75, 3.05) is 6.54 Å². The standard InChI is InChI=1S/C17H19NO/c1-12-5-4-6-13(9-12)17-10-14(11-18)15-7-2-3-8-16(15)19-17/h2-9,14,17H,10-11,18H2,1H3. The molecule has 0 saturated carbocycles. The van der Waals surface area contributed by atoms with Crippen molar-refractivity contribution in [1.29, 1.82) is 0 Å². The fourth-order valence-electron chi connectivity index (χ4n) is 2.81. The second kappa shape index (κ2) is 5.06. The Bertz CT molecular complexity index is 579. The highest BCUT2D eigenvalue weighted by Gasteiger charge is 2.28. The quantitative estimate of drug-likeness (QED) is 0.888. The van der Waals surface area contributed by atoms with Gasteiger partial charge in [0.2, 0.25) is 0 Å². The first kappa shape index (κ1) is 12.2. The highest BCUT2D eigenvalue weighted by molar-refractivity contribution is 5.40. The van der Waals surface area contributed by atoms with Gasteiger partial charge in [-0.15, -0.1) is 0 Å². The van der Waals surface area contributed by atoms with Crippen molar-refractivity contribution < 1.29 is 4.74 Å². The van der Waals surface area contributed by atoms with Gasteiger partial charge in [0, 0.05) is 5.92 Å². The zero-order valence-corrected chi connectivity index (χ0v) is 11.2. The van der Waals surface area contributed by atoms with Crippen LogP contribution in [0, 0.1) is 6.92 Å². The highest BCUT2D eigenvalue weighted by atomic mass is 16.5. The maximum absolute atomic E-state index is 6.15. The summed E-state index contributed by atoms with van der Waals surface area (Å²) in [6.07, 6.45) is 1.07. The van der Waals surface area contributed by atoms with Gasteiger partial charge in [-0.3, -0.25) is 0 Å². The molecule has 0 bridgehead atoms. The summed E-state index contributed by atoms with van der Waals surface area (Å²) in [5.74, 6) is 1.37. The lowest BCUT2D eigenvalue weighted by Crippen LogP contribution is -2.24. The average molecular weight is 253 g/mol. The van der Waals surface area contributed by atoms with Gasteiger partial charge < -0.3 is 10.5 Å². The number of rotatable bonds is 2. The Morgan fingerprint density at radius 2 is 2.00 bits per heavy atom. The van der Waals surface area contributed by atoms with Crippen LogP contribution in [0.4, 0.5) is 0 Å². The first-order valence-corrected chi connectivity index (χ1v) is 6.80. The van der Waals surface area contributed by atoms with E-state index in [2.05, 4.69) is 43.3 Å². The number of ether oxygens (including phenoxy) is 1. The van der Waals surface area contributed by atoms with Crippen LogP contribution in [0.3, 0.4) is 0 Å². The van der Waals surface area contributed by atoms with Gasteiger partial charge in [-0.1, -0.05) is 48.0 Å². The van der Waals surface area contributed by atoms with E-state index in [-0.39, 0.29) is 6.10 Å². The van der Waals surface area contributed by atoms with Crippen LogP contribution in [-0.2, 0) is 0 Å². The zero-order chi connectivity index (χ0) is 13.2. The molecule has 19 heavy (non-hydrogen) atoms. The monoisotopic (exact) mass is 253 g/mol. The molecule has 0 fully saturated rings. The van der Waals surface area contributed by atoms with Crippen LogP contribution in [0.25, 0.3) is 0 Å². The number of aryl methyl sites for hydroxylation is 1. The summed E-state index contributed by atoms with van der Waals surface area (Å²) in [6.45, 7) is 2.78. The Morgan fingerprint density at radius 1 is 1.16 bits per heavy atom. The molecule has 2 aromatic carbocycles. The molecule has 0 aliphatic carbocycles. The number of hydrogen-bond donors (Lipinski definition) is 1. The van der Waals surface area contributed by atoms with E-state index in [1.165, 1.54) is 16.7 Å². The third-order valence-corrected chi connectivity index (χ3v) is 3.83. The molecule has 2 N–H and O–H groups in total. The largest absolute Gasteiger partial charge is 0.485 e. The Hall–Kier alpha value is -1.80. The van der Waals surface area contributed by atoms with E-state index in [9.17, 15) is 0 Å². The minimum atomic E-state index is 0.114. The van der Waals surface area contributed by atoms with Crippen molar-refractivity contribution in [3.05, 3.63) is 65.2 Å². The van der Waals surface area contributed by atoms with Crippen LogP contribution in [0.15, 0.2) is 48.5 Å². The summed E-state index contributed by atoms with van der Waals surface area (Å²) in [5, 5.41) is 0. The number of nitrogens with two attached hydrogens (primary N) is 1. The Kier molecular flexibility index (Phi) is 3.26. The minimum Gasteiger partial charge on any atom is -0.485 e. The van der Waals surface area contributed by atoms with Gasteiger partial charge in [-0.2, -0.15) is 0 Å². The Balaban J connectivity index is 1.95. The topological polar surface area (TPSA) is 35.2 Å². The van der Waals surface area contributed by atoms with Crippen LogP contribution in [-0.4, -0.2) is 6.54 Å². The molecule has 1 aliphatic rings. The smallest absolute Gasteiger partial charge is 0.124 e. The van der Waals surface area contributed by atoms with E-state index in [1.807, 2.05) is 12.1 Å². The summed E-state index contributed by atoms with van der Waals surface area (Å²) in [7, 11) is 0. The third kappa shape index (κ3) is 2.36. The van der Waals surface area contributed by atoms with E-state index in [1.54, 1.807) is 0 Å². The highest BCUT2D eigenvalue weighted by Crippen LogP contribution is 2.41. The van der Waals surface area contributed by atoms with Crippen LogP contribution in [0.2, 0.25) is 0 Å². The maximum Gasteiger partial charge on any atom is 0.124 e. The van der Waals surface area contributed by atoms with E-state index in [0.29, 0.717) is 12.5 Å². The molecular formula is C17H19NO. The third-order valence-electron chi connectivity index (χ3n) is 3.83. The van der Waals surface area contributed by atoms with E-state index >= 15 is 0 Å². The van der Waals surface area contributed by atoms with Crippen LogP contribution in [0.1, 0.15) is 35.1 Å². The van der Waals surface area contributed by atoms with Crippen molar-refractivity contribution in [3.8, 4) is 5.75 Å². The molecular weight excluding hydrogens is 234 g/mol. The SMILES string of the molecule is Cc1cccc(C2CC(CN)c3ccccc3O2)c1. The molecule has 0 spiro atoms. The molecule has 0 amide bonds. The van der Waals surface area contributed by atoms with Crippen LogP contribution >= 0.6 is 0 Å². The molecule has 2 aromatic rings. The molecule has 2 atom stereocenters. The second-order valence-electron chi connectivity index (χ2n) is 5.23. The number of fused-ring (bicyclic) bond motifs is 1. The average Bonchev–Trinajstić information content (AvgIpc) is 2.46. The predicted octanol–water partition coefficient (Wildman–Crippen LogP) is 3.56. The lowest BCUT2D eigenvalue weighted by atomic mass is 9.87. The molecule has 98 valence electrons.